The van der Waals surface area contributed by atoms with Gasteiger partial charge in [0.05, 0.1) is 13.3 Å². The van der Waals surface area contributed by atoms with E-state index in [1.54, 1.807) is 12.3 Å². The Bertz CT molecular complexity index is 709. The average molecular weight is 296 g/mol. The number of nitrogens with two attached hydrogens (primary N) is 1. The van der Waals surface area contributed by atoms with Gasteiger partial charge >= 0.3 is 0 Å². The Balaban J connectivity index is 2.43. The molecule has 0 amide bonds. The highest BCUT2D eigenvalue weighted by atomic mass is 32.2. The molecule has 0 bridgehead atoms. The van der Waals surface area contributed by atoms with Crippen LogP contribution in [0.3, 0.4) is 0 Å². The zero-order valence-corrected chi connectivity index (χ0v) is 12.0. The van der Waals surface area contributed by atoms with Crippen molar-refractivity contribution in [2.24, 2.45) is 0 Å². The van der Waals surface area contributed by atoms with Crippen LogP contribution in [0.1, 0.15) is 12.5 Å². The molecule has 1 heterocycles. The second-order valence-corrected chi connectivity index (χ2v) is 5.79. The number of benzene rings is 1. The third kappa shape index (κ3) is 2.69. The van der Waals surface area contributed by atoms with Crippen LogP contribution in [0.5, 0.6) is 5.75 Å². The maximum Gasteiger partial charge on any atom is 0.266 e. The van der Waals surface area contributed by atoms with Gasteiger partial charge in [-0.2, -0.15) is 5.10 Å². The van der Waals surface area contributed by atoms with Gasteiger partial charge in [0.15, 0.2) is 0 Å². The van der Waals surface area contributed by atoms with Crippen LogP contribution in [-0.2, 0) is 16.4 Å². The van der Waals surface area contributed by atoms with E-state index in [9.17, 15) is 8.42 Å². The molecule has 1 aromatic heterocycles. The summed E-state index contributed by atoms with van der Waals surface area (Å²) < 4.78 is 32.3. The van der Waals surface area contributed by atoms with Gasteiger partial charge in [-0.1, -0.05) is 6.92 Å². The molecule has 4 N–H and O–H groups in total. The number of sulfonamides is 1. The van der Waals surface area contributed by atoms with Crippen molar-refractivity contribution < 1.29 is 13.2 Å². The number of hydrogen-bond donors (Lipinski definition) is 3. The first-order valence-corrected chi connectivity index (χ1v) is 7.44. The summed E-state index contributed by atoms with van der Waals surface area (Å²) in [5.74, 6) is 0.571. The zero-order chi connectivity index (χ0) is 14.8. The molecule has 0 saturated heterocycles. The van der Waals surface area contributed by atoms with Crippen molar-refractivity contribution in [3.63, 3.8) is 0 Å². The molecule has 0 fully saturated rings. The molecule has 0 spiro atoms. The van der Waals surface area contributed by atoms with Crippen LogP contribution in [0.2, 0.25) is 0 Å². The van der Waals surface area contributed by atoms with Gasteiger partial charge in [-0.15, -0.1) is 0 Å². The average Bonchev–Trinajstić information content (AvgIpc) is 2.85. The lowest BCUT2D eigenvalue weighted by molar-refractivity contribution is 0.403. The summed E-state index contributed by atoms with van der Waals surface area (Å²) in [6, 6.07) is 4.44. The first kappa shape index (κ1) is 14.2. The molecule has 108 valence electrons. The molecule has 0 saturated carbocycles. The number of nitrogens with zero attached hydrogens (tertiary/aromatic N) is 1. The Kier molecular flexibility index (Phi) is 3.84. The summed E-state index contributed by atoms with van der Waals surface area (Å²) in [7, 11) is -2.41. The zero-order valence-electron chi connectivity index (χ0n) is 11.2. The lowest BCUT2D eigenvalue weighted by Gasteiger charge is -2.11. The van der Waals surface area contributed by atoms with Crippen LogP contribution in [0.15, 0.2) is 29.3 Å². The van der Waals surface area contributed by atoms with Crippen molar-refractivity contribution in [3.8, 4) is 5.75 Å². The Hall–Kier alpha value is -2.22. The number of nitrogen functional groups attached to an aromatic ring is 1. The molecule has 0 aliphatic carbocycles. The number of rotatable bonds is 5. The van der Waals surface area contributed by atoms with Gasteiger partial charge in [-0.25, -0.2) is 8.42 Å². The van der Waals surface area contributed by atoms with Crippen LogP contribution >= 0.6 is 0 Å². The number of aromatic nitrogens is 2. The Labute approximate surface area is 117 Å². The standard InChI is InChI=1S/C12H16N4O3S/c1-3-8-7-14-15-12(8)16-20(17,18)11-6-9(13)4-5-10(11)19-2/h4-7H,3,13H2,1-2H3,(H2,14,15,16). The van der Waals surface area contributed by atoms with Crippen molar-refractivity contribution in [2.45, 2.75) is 18.2 Å². The quantitative estimate of drug-likeness (QED) is 0.722. The maximum atomic E-state index is 12.4. The molecule has 8 heteroatoms. The van der Waals surface area contributed by atoms with E-state index < -0.39 is 10.0 Å². The van der Waals surface area contributed by atoms with Gasteiger partial charge in [-0.3, -0.25) is 9.82 Å². The van der Waals surface area contributed by atoms with Crippen molar-refractivity contribution in [1.29, 1.82) is 0 Å². The van der Waals surface area contributed by atoms with E-state index >= 15 is 0 Å². The molecule has 0 unspecified atom stereocenters. The Morgan fingerprint density at radius 1 is 1.45 bits per heavy atom. The molecular formula is C12H16N4O3S. The fourth-order valence-corrected chi connectivity index (χ4v) is 3.02. The van der Waals surface area contributed by atoms with Gasteiger partial charge in [0, 0.05) is 11.3 Å². The molecule has 20 heavy (non-hydrogen) atoms. The Morgan fingerprint density at radius 2 is 2.20 bits per heavy atom. The number of ether oxygens (including phenoxy) is 1. The van der Waals surface area contributed by atoms with Crippen molar-refractivity contribution in [3.05, 3.63) is 30.0 Å². The molecule has 0 radical (unpaired) electrons. The minimum absolute atomic E-state index is 0.0170. The third-order valence-corrected chi connectivity index (χ3v) is 4.18. The topological polar surface area (TPSA) is 110 Å². The minimum Gasteiger partial charge on any atom is -0.495 e. The van der Waals surface area contributed by atoms with Crippen LogP contribution in [0.25, 0.3) is 0 Å². The summed E-state index contributed by atoms with van der Waals surface area (Å²) in [5.41, 5.74) is 6.75. The summed E-state index contributed by atoms with van der Waals surface area (Å²) in [5, 5.41) is 6.45. The highest BCUT2D eigenvalue weighted by Gasteiger charge is 2.21. The summed E-state index contributed by atoms with van der Waals surface area (Å²) in [4.78, 5) is -0.0170. The normalized spacial score (nSPS) is 11.3. The van der Waals surface area contributed by atoms with Crippen LogP contribution in [0.4, 0.5) is 11.5 Å². The second-order valence-electron chi connectivity index (χ2n) is 4.14. The van der Waals surface area contributed by atoms with Gasteiger partial charge in [0.25, 0.3) is 10.0 Å². The van der Waals surface area contributed by atoms with Crippen molar-refractivity contribution >= 4 is 21.5 Å². The molecule has 7 nitrogen and oxygen atoms in total. The molecule has 0 aliphatic heterocycles. The molecule has 2 aromatic rings. The minimum atomic E-state index is -3.81. The van der Waals surface area contributed by atoms with Crippen LogP contribution < -0.4 is 15.2 Å². The fraction of sp³-hybridized carbons (Fsp3) is 0.250. The third-order valence-electron chi connectivity index (χ3n) is 2.81. The first-order valence-electron chi connectivity index (χ1n) is 5.96. The van der Waals surface area contributed by atoms with Crippen molar-refractivity contribution in [2.75, 3.05) is 17.6 Å². The van der Waals surface area contributed by atoms with E-state index in [0.717, 1.165) is 5.56 Å². The van der Waals surface area contributed by atoms with Gasteiger partial charge in [0.2, 0.25) is 0 Å². The number of aromatic amines is 1. The first-order chi connectivity index (χ1) is 9.47. The van der Waals surface area contributed by atoms with Crippen LogP contribution in [0, 0.1) is 0 Å². The number of nitrogens with one attached hydrogen (secondary N) is 2. The number of methoxy groups -OCH3 is 1. The highest BCUT2D eigenvalue weighted by Crippen LogP contribution is 2.28. The summed E-state index contributed by atoms with van der Waals surface area (Å²) >= 11 is 0. The van der Waals surface area contributed by atoms with Gasteiger partial charge < -0.3 is 10.5 Å². The monoisotopic (exact) mass is 296 g/mol. The van der Waals surface area contributed by atoms with E-state index in [0.29, 0.717) is 17.9 Å². The van der Waals surface area contributed by atoms with E-state index in [2.05, 4.69) is 14.9 Å². The number of anilines is 2. The lowest BCUT2D eigenvalue weighted by Crippen LogP contribution is -2.15. The fourth-order valence-electron chi connectivity index (χ4n) is 1.76. The lowest BCUT2D eigenvalue weighted by atomic mass is 10.3. The van der Waals surface area contributed by atoms with E-state index in [1.807, 2.05) is 6.92 Å². The SMILES string of the molecule is CCc1cn[nH]c1NS(=O)(=O)c1cc(N)ccc1OC. The number of aryl methyl sites for hydroxylation is 1. The second kappa shape index (κ2) is 5.41. The van der Waals surface area contributed by atoms with E-state index in [4.69, 9.17) is 10.5 Å². The van der Waals surface area contributed by atoms with Gasteiger partial charge in [-0.05, 0) is 24.6 Å². The molecule has 1 aromatic carbocycles. The van der Waals surface area contributed by atoms with Gasteiger partial charge in [0.1, 0.15) is 16.5 Å². The van der Waals surface area contributed by atoms with Crippen molar-refractivity contribution in [1.82, 2.24) is 10.2 Å². The molecule has 0 atom stereocenters. The van der Waals surface area contributed by atoms with E-state index in [1.165, 1.54) is 19.2 Å². The van der Waals surface area contributed by atoms with Crippen LogP contribution in [-0.4, -0.2) is 25.7 Å². The summed E-state index contributed by atoms with van der Waals surface area (Å²) in [6.45, 7) is 1.91. The molecule has 0 aliphatic rings. The predicted molar refractivity (Wildman–Crippen MR) is 76.2 cm³/mol. The van der Waals surface area contributed by atoms with E-state index in [-0.39, 0.29) is 10.6 Å². The maximum absolute atomic E-state index is 12.4. The largest absolute Gasteiger partial charge is 0.495 e. The molecule has 2 rings (SSSR count). The smallest absolute Gasteiger partial charge is 0.266 e. The Morgan fingerprint density at radius 3 is 2.85 bits per heavy atom. The number of hydrogen-bond acceptors (Lipinski definition) is 5. The summed E-state index contributed by atoms with van der Waals surface area (Å²) in [6.07, 6.45) is 2.23. The predicted octanol–water partition coefficient (Wildman–Crippen LogP) is 1.36. The number of H-pyrrole nitrogens is 1. The molecular weight excluding hydrogens is 280 g/mol. The highest BCUT2D eigenvalue weighted by molar-refractivity contribution is 7.92.